The van der Waals surface area contributed by atoms with E-state index in [2.05, 4.69) is 21.9 Å². The molecular formula is C17H19N5O. The molecule has 0 bridgehead atoms. The van der Waals surface area contributed by atoms with Gasteiger partial charge < -0.3 is 9.30 Å². The molecule has 3 heterocycles. The number of nitrogens with zero attached hydrogens (tertiary/aromatic N) is 5. The quantitative estimate of drug-likeness (QED) is 0.726. The molecule has 0 atom stereocenters. The van der Waals surface area contributed by atoms with Gasteiger partial charge in [0.05, 0.1) is 29.7 Å². The van der Waals surface area contributed by atoms with E-state index in [1.807, 2.05) is 28.8 Å². The minimum absolute atomic E-state index is 0.0695. The molecule has 0 aliphatic carbocycles. The predicted molar refractivity (Wildman–Crippen MR) is 87.0 cm³/mol. The van der Waals surface area contributed by atoms with Crippen LogP contribution in [0, 0.1) is 0 Å². The first kappa shape index (κ1) is 15.1. The summed E-state index contributed by atoms with van der Waals surface area (Å²) in [5.41, 5.74) is 3.21. The zero-order valence-electron chi connectivity index (χ0n) is 13.3. The summed E-state index contributed by atoms with van der Waals surface area (Å²) in [4.78, 5) is 27.0. The Labute approximate surface area is 134 Å². The molecule has 6 nitrogen and oxygen atoms in total. The molecule has 6 heteroatoms. The fourth-order valence-corrected chi connectivity index (χ4v) is 2.59. The van der Waals surface area contributed by atoms with E-state index in [9.17, 15) is 4.79 Å². The van der Waals surface area contributed by atoms with Crippen LogP contribution in [0.4, 0.5) is 0 Å². The summed E-state index contributed by atoms with van der Waals surface area (Å²) >= 11 is 0. The van der Waals surface area contributed by atoms with Gasteiger partial charge in [0.15, 0.2) is 0 Å². The molecule has 0 radical (unpaired) electrons. The van der Waals surface area contributed by atoms with E-state index in [-0.39, 0.29) is 5.91 Å². The van der Waals surface area contributed by atoms with Crippen LogP contribution in [0.5, 0.6) is 0 Å². The average Bonchev–Trinajstić information content (AvgIpc) is 2.98. The van der Waals surface area contributed by atoms with Crippen molar-refractivity contribution in [3.8, 4) is 0 Å². The van der Waals surface area contributed by atoms with Crippen molar-refractivity contribution in [2.24, 2.45) is 0 Å². The van der Waals surface area contributed by atoms with Gasteiger partial charge in [-0.05, 0) is 18.6 Å². The Morgan fingerprint density at radius 2 is 2.13 bits per heavy atom. The Morgan fingerprint density at radius 1 is 1.26 bits per heavy atom. The van der Waals surface area contributed by atoms with Gasteiger partial charge in [-0.25, -0.2) is 15.0 Å². The van der Waals surface area contributed by atoms with Gasteiger partial charge in [-0.3, -0.25) is 4.79 Å². The second-order valence-electron chi connectivity index (χ2n) is 5.47. The minimum Gasteiger partial charge on any atom is -0.336 e. The highest BCUT2D eigenvalue weighted by atomic mass is 16.2. The number of amides is 1. The van der Waals surface area contributed by atoms with E-state index >= 15 is 0 Å². The lowest BCUT2D eigenvalue weighted by Gasteiger charge is -2.18. The van der Waals surface area contributed by atoms with Gasteiger partial charge in [0.2, 0.25) is 0 Å². The van der Waals surface area contributed by atoms with Crippen molar-refractivity contribution in [3.05, 3.63) is 60.1 Å². The van der Waals surface area contributed by atoms with Crippen LogP contribution in [0.1, 0.15) is 35.1 Å². The van der Waals surface area contributed by atoms with Gasteiger partial charge in [-0.15, -0.1) is 0 Å². The maximum Gasteiger partial charge on any atom is 0.257 e. The molecule has 3 aromatic rings. The second-order valence-corrected chi connectivity index (χ2v) is 5.47. The van der Waals surface area contributed by atoms with Gasteiger partial charge in [0.25, 0.3) is 5.91 Å². The van der Waals surface area contributed by atoms with Crippen molar-refractivity contribution in [3.63, 3.8) is 0 Å². The first-order valence-electron chi connectivity index (χ1n) is 7.66. The Bertz CT molecular complexity index is 826. The van der Waals surface area contributed by atoms with Gasteiger partial charge in [0, 0.05) is 19.4 Å². The molecule has 23 heavy (non-hydrogen) atoms. The molecule has 0 saturated carbocycles. The summed E-state index contributed by atoms with van der Waals surface area (Å²) < 4.78 is 1.98. The number of fused-ring (bicyclic) bond motifs is 1. The minimum atomic E-state index is -0.0695. The Balaban J connectivity index is 1.83. The molecule has 0 N–H and O–H groups in total. The van der Waals surface area contributed by atoms with E-state index in [0.29, 0.717) is 12.1 Å². The van der Waals surface area contributed by atoms with E-state index in [0.717, 1.165) is 29.9 Å². The first-order valence-corrected chi connectivity index (χ1v) is 7.66. The van der Waals surface area contributed by atoms with Crippen LogP contribution in [0.3, 0.4) is 0 Å². The van der Waals surface area contributed by atoms with E-state index in [4.69, 9.17) is 0 Å². The molecular weight excluding hydrogens is 290 g/mol. The highest BCUT2D eigenvalue weighted by molar-refractivity contribution is 5.94. The summed E-state index contributed by atoms with van der Waals surface area (Å²) in [6.07, 6.45) is 8.55. The van der Waals surface area contributed by atoms with Crippen LogP contribution < -0.4 is 0 Å². The van der Waals surface area contributed by atoms with Crippen LogP contribution in [0.2, 0.25) is 0 Å². The summed E-state index contributed by atoms with van der Waals surface area (Å²) in [6, 6.07) is 5.83. The number of carbonyl (C=O) groups is 1. The van der Waals surface area contributed by atoms with Crippen LogP contribution >= 0.6 is 0 Å². The van der Waals surface area contributed by atoms with Crippen molar-refractivity contribution < 1.29 is 4.79 Å². The topological polar surface area (TPSA) is 63.4 Å². The van der Waals surface area contributed by atoms with Gasteiger partial charge >= 0.3 is 0 Å². The van der Waals surface area contributed by atoms with Crippen molar-refractivity contribution in [1.82, 2.24) is 24.3 Å². The van der Waals surface area contributed by atoms with Crippen molar-refractivity contribution in [1.29, 1.82) is 0 Å². The fourth-order valence-electron chi connectivity index (χ4n) is 2.59. The van der Waals surface area contributed by atoms with Crippen LogP contribution in [0.15, 0.2) is 43.1 Å². The van der Waals surface area contributed by atoms with Crippen molar-refractivity contribution in [2.75, 3.05) is 7.05 Å². The Hall–Kier alpha value is -2.76. The lowest BCUT2D eigenvalue weighted by atomic mass is 10.1. The number of rotatable bonds is 5. The maximum absolute atomic E-state index is 12.7. The standard InChI is InChI=1S/C17H19N5O/c1-3-6-15-14(10-18-12-20-15)17(23)21(2)11-13-9-19-16-7-4-5-8-22(13)16/h4-5,7-10,12H,3,6,11H2,1-2H3. The monoisotopic (exact) mass is 309 g/mol. The van der Waals surface area contributed by atoms with Crippen LogP contribution in [-0.4, -0.2) is 37.2 Å². The number of imidazole rings is 1. The molecule has 118 valence electrons. The number of aromatic nitrogens is 4. The Kier molecular flexibility index (Phi) is 4.32. The largest absolute Gasteiger partial charge is 0.336 e. The van der Waals surface area contributed by atoms with Gasteiger partial charge in [-0.1, -0.05) is 19.4 Å². The molecule has 0 saturated heterocycles. The molecule has 3 aromatic heterocycles. The van der Waals surface area contributed by atoms with E-state index in [1.54, 1.807) is 24.3 Å². The molecule has 0 fully saturated rings. The zero-order chi connectivity index (χ0) is 16.2. The Morgan fingerprint density at radius 3 is 2.96 bits per heavy atom. The third-order valence-corrected chi connectivity index (χ3v) is 3.75. The number of hydrogen-bond acceptors (Lipinski definition) is 4. The number of aryl methyl sites for hydroxylation is 1. The first-order chi connectivity index (χ1) is 11.2. The zero-order valence-corrected chi connectivity index (χ0v) is 13.3. The second kappa shape index (κ2) is 6.56. The summed E-state index contributed by atoms with van der Waals surface area (Å²) in [5.74, 6) is -0.0695. The van der Waals surface area contributed by atoms with Crippen LogP contribution in [0.25, 0.3) is 5.65 Å². The van der Waals surface area contributed by atoms with Crippen molar-refractivity contribution in [2.45, 2.75) is 26.3 Å². The SMILES string of the molecule is CCCc1ncncc1C(=O)N(C)Cc1cnc2ccccn12. The third-order valence-electron chi connectivity index (χ3n) is 3.75. The lowest BCUT2D eigenvalue weighted by Crippen LogP contribution is -2.28. The molecule has 1 amide bonds. The number of carbonyl (C=O) groups excluding carboxylic acids is 1. The molecule has 0 unspecified atom stereocenters. The molecule has 0 aliphatic rings. The van der Waals surface area contributed by atoms with Crippen LogP contribution in [-0.2, 0) is 13.0 Å². The summed E-state index contributed by atoms with van der Waals surface area (Å²) in [7, 11) is 1.79. The molecule has 0 aromatic carbocycles. The predicted octanol–water partition coefficient (Wildman–Crippen LogP) is 2.35. The smallest absolute Gasteiger partial charge is 0.257 e. The summed E-state index contributed by atoms with van der Waals surface area (Å²) in [6.45, 7) is 2.54. The lowest BCUT2D eigenvalue weighted by molar-refractivity contribution is 0.0781. The molecule has 0 aliphatic heterocycles. The highest BCUT2D eigenvalue weighted by Gasteiger charge is 2.18. The third kappa shape index (κ3) is 3.06. The van der Waals surface area contributed by atoms with Gasteiger partial charge in [0.1, 0.15) is 12.0 Å². The van der Waals surface area contributed by atoms with E-state index < -0.39 is 0 Å². The fraction of sp³-hybridized carbons (Fsp3) is 0.294. The number of pyridine rings is 1. The highest BCUT2D eigenvalue weighted by Crippen LogP contribution is 2.13. The average molecular weight is 309 g/mol. The maximum atomic E-state index is 12.7. The van der Waals surface area contributed by atoms with E-state index in [1.165, 1.54) is 6.33 Å². The van der Waals surface area contributed by atoms with Gasteiger partial charge in [-0.2, -0.15) is 0 Å². The molecule has 3 rings (SSSR count). The normalized spacial score (nSPS) is 10.9. The van der Waals surface area contributed by atoms with Crippen molar-refractivity contribution >= 4 is 11.6 Å². The number of hydrogen-bond donors (Lipinski definition) is 0. The molecule has 0 spiro atoms. The summed E-state index contributed by atoms with van der Waals surface area (Å²) in [5, 5.41) is 0.